The van der Waals surface area contributed by atoms with Gasteiger partial charge in [-0.25, -0.2) is 4.98 Å². The van der Waals surface area contributed by atoms with Crippen LogP contribution in [0.15, 0.2) is 41.3 Å². The van der Waals surface area contributed by atoms with Crippen LogP contribution < -0.4 is 0 Å². The van der Waals surface area contributed by atoms with Crippen molar-refractivity contribution in [2.75, 3.05) is 14.1 Å². The van der Waals surface area contributed by atoms with Crippen LogP contribution in [0.3, 0.4) is 0 Å². The number of H-pyrrole nitrogens is 1. The summed E-state index contributed by atoms with van der Waals surface area (Å²) in [6, 6.07) is 11.9. The first-order chi connectivity index (χ1) is 10.5. The molecule has 0 saturated heterocycles. The highest BCUT2D eigenvalue weighted by Gasteiger charge is 2.07. The molecule has 0 fully saturated rings. The van der Waals surface area contributed by atoms with E-state index in [9.17, 15) is 0 Å². The summed E-state index contributed by atoms with van der Waals surface area (Å²) >= 11 is 13.7. The van der Waals surface area contributed by atoms with Gasteiger partial charge < -0.3 is 4.98 Å². The third-order valence-corrected chi connectivity index (χ3v) is 4.71. The molecule has 1 aromatic heterocycles. The van der Waals surface area contributed by atoms with Crippen molar-refractivity contribution in [1.29, 1.82) is 0 Å². The number of imidazole rings is 1. The summed E-state index contributed by atoms with van der Waals surface area (Å²) in [5.41, 5.74) is 3.09. The molecule has 114 valence electrons. The number of benzene rings is 2. The second-order valence-electron chi connectivity index (χ2n) is 5.19. The molecule has 0 aliphatic heterocycles. The van der Waals surface area contributed by atoms with Crippen molar-refractivity contribution in [3.05, 3.63) is 57.8 Å². The highest BCUT2D eigenvalue weighted by Crippen LogP contribution is 2.26. The Kier molecular flexibility index (Phi) is 4.64. The lowest BCUT2D eigenvalue weighted by molar-refractivity contribution is 0.703. The molecular weight excluding hydrogens is 337 g/mol. The van der Waals surface area contributed by atoms with Gasteiger partial charge in [-0.3, -0.25) is 4.31 Å². The van der Waals surface area contributed by atoms with Crippen LogP contribution in [-0.2, 0) is 6.42 Å². The average molecular weight is 352 g/mol. The van der Waals surface area contributed by atoms with E-state index in [0.29, 0.717) is 16.5 Å². The fourth-order valence-corrected chi connectivity index (χ4v) is 3.28. The molecular formula is C16H15Cl2N3S. The van der Waals surface area contributed by atoms with Gasteiger partial charge in [0, 0.05) is 11.3 Å². The van der Waals surface area contributed by atoms with E-state index in [1.54, 1.807) is 11.9 Å². The van der Waals surface area contributed by atoms with Gasteiger partial charge in [0.25, 0.3) is 0 Å². The van der Waals surface area contributed by atoms with E-state index < -0.39 is 0 Å². The number of hydrogen-bond donors (Lipinski definition) is 1. The number of aromatic nitrogens is 2. The summed E-state index contributed by atoms with van der Waals surface area (Å²) in [5, 5.41) is 1.14. The Morgan fingerprint density at radius 3 is 2.64 bits per heavy atom. The Bertz CT molecular complexity index is 814. The first kappa shape index (κ1) is 15.7. The van der Waals surface area contributed by atoms with E-state index >= 15 is 0 Å². The lowest BCUT2D eigenvalue weighted by Gasteiger charge is -2.07. The van der Waals surface area contributed by atoms with E-state index in [0.717, 1.165) is 22.4 Å². The first-order valence-electron chi connectivity index (χ1n) is 6.79. The molecule has 0 amide bonds. The number of hydrogen-bond acceptors (Lipinski definition) is 3. The molecule has 1 heterocycles. The predicted octanol–water partition coefficient (Wildman–Crippen LogP) is 5.03. The summed E-state index contributed by atoms with van der Waals surface area (Å²) in [5.74, 6) is 0.917. The maximum Gasteiger partial charge on any atom is 0.111 e. The number of aromatic amines is 1. The zero-order chi connectivity index (χ0) is 15.7. The zero-order valence-corrected chi connectivity index (χ0v) is 14.6. The van der Waals surface area contributed by atoms with Crippen LogP contribution in [0, 0.1) is 0 Å². The third kappa shape index (κ3) is 3.58. The second-order valence-corrected chi connectivity index (χ2v) is 7.39. The Labute approximate surface area is 143 Å². The molecule has 3 nitrogen and oxygen atoms in total. The number of nitrogens with one attached hydrogen (secondary N) is 1. The molecule has 0 bridgehead atoms. The van der Waals surface area contributed by atoms with Crippen molar-refractivity contribution in [3.8, 4) is 0 Å². The molecule has 3 rings (SSSR count). The van der Waals surface area contributed by atoms with Crippen molar-refractivity contribution >= 4 is 46.2 Å². The maximum absolute atomic E-state index is 6.06. The van der Waals surface area contributed by atoms with Crippen molar-refractivity contribution < 1.29 is 0 Å². The molecule has 0 spiro atoms. The largest absolute Gasteiger partial charge is 0.342 e. The van der Waals surface area contributed by atoms with Crippen LogP contribution in [0.5, 0.6) is 0 Å². The molecule has 0 unspecified atom stereocenters. The van der Waals surface area contributed by atoms with Crippen LogP contribution in [0.2, 0.25) is 10.0 Å². The predicted molar refractivity (Wildman–Crippen MR) is 94.9 cm³/mol. The third-order valence-electron chi connectivity index (χ3n) is 3.15. The summed E-state index contributed by atoms with van der Waals surface area (Å²) in [6.45, 7) is 0. The van der Waals surface area contributed by atoms with E-state index in [-0.39, 0.29) is 0 Å². The lowest BCUT2D eigenvalue weighted by atomic mass is 10.1. The molecule has 6 heteroatoms. The van der Waals surface area contributed by atoms with Crippen molar-refractivity contribution in [1.82, 2.24) is 14.3 Å². The van der Waals surface area contributed by atoms with Crippen LogP contribution >= 0.6 is 35.1 Å². The normalized spacial score (nSPS) is 11.5. The molecule has 0 aliphatic carbocycles. The van der Waals surface area contributed by atoms with Gasteiger partial charge in [0.15, 0.2) is 0 Å². The summed E-state index contributed by atoms with van der Waals surface area (Å²) in [4.78, 5) is 9.18. The highest BCUT2D eigenvalue weighted by molar-refractivity contribution is 7.97. The fourth-order valence-electron chi connectivity index (χ4n) is 2.24. The van der Waals surface area contributed by atoms with E-state index in [2.05, 4.69) is 26.4 Å². The van der Waals surface area contributed by atoms with E-state index in [1.165, 1.54) is 4.90 Å². The average Bonchev–Trinajstić information content (AvgIpc) is 2.83. The molecule has 0 saturated carbocycles. The quantitative estimate of drug-likeness (QED) is 0.669. The molecule has 0 aliphatic rings. The van der Waals surface area contributed by atoms with Gasteiger partial charge in [-0.15, -0.1) is 0 Å². The standard InChI is InChI=1S/C16H15Cl2N3S/c1-21(2)22-11-4-6-14-15(9-11)20-16(19-14)8-10-3-5-12(17)13(18)7-10/h3-7,9H,8H2,1-2H3,(H,19,20). The Morgan fingerprint density at radius 2 is 1.91 bits per heavy atom. The van der Waals surface area contributed by atoms with Gasteiger partial charge in [-0.05, 0) is 61.9 Å². The monoisotopic (exact) mass is 351 g/mol. The van der Waals surface area contributed by atoms with Gasteiger partial charge in [-0.1, -0.05) is 29.3 Å². The SMILES string of the molecule is CN(C)Sc1ccc2nc(Cc3ccc(Cl)c(Cl)c3)[nH]c2c1. The summed E-state index contributed by atoms with van der Waals surface area (Å²) < 4.78 is 2.06. The molecule has 22 heavy (non-hydrogen) atoms. The summed E-state index contributed by atoms with van der Waals surface area (Å²) in [7, 11) is 4.05. The maximum atomic E-state index is 6.06. The highest BCUT2D eigenvalue weighted by atomic mass is 35.5. The molecule has 3 aromatic rings. The van der Waals surface area contributed by atoms with Gasteiger partial charge in [0.1, 0.15) is 5.82 Å². The molecule has 0 atom stereocenters. The van der Waals surface area contributed by atoms with Gasteiger partial charge in [0.2, 0.25) is 0 Å². The Balaban J connectivity index is 1.86. The number of halogens is 2. The molecule has 2 aromatic carbocycles. The van der Waals surface area contributed by atoms with Crippen LogP contribution in [0.1, 0.15) is 11.4 Å². The van der Waals surface area contributed by atoms with Crippen molar-refractivity contribution in [2.45, 2.75) is 11.3 Å². The first-order valence-corrected chi connectivity index (χ1v) is 8.32. The lowest BCUT2D eigenvalue weighted by Crippen LogP contribution is -1.98. The van der Waals surface area contributed by atoms with E-state index in [1.807, 2.05) is 38.4 Å². The zero-order valence-electron chi connectivity index (χ0n) is 12.2. The van der Waals surface area contributed by atoms with Crippen molar-refractivity contribution in [3.63, 3.8) is 0 Å². The number of rotatable bonds is 4. The minimum atomic E-state index is 0.569. The minimum Gasteiger partial charge on any atom is -0.342 e. The van der Waals surface area contributed by atoms with Gasteiger partial charge >= 0.3 is 0 Å². The second kappa shape index (κ2) is 6.50. The fraction of sp³-hybridized carbons (Fsp3) is 0.188. The number of fused-ring (bicyclic) bond motifs is 1. The minimum absolute atomic E-state index is 0.569. The summed E-state index contributed by atoms with van der Waals surface area (Å²) in [6.07, 6.45) is 0.696. The van der Waals surface area contributed by atoms with Gasteiger partial charge in [0.05, 0.1) is 21.1 Å². The topological polar surface area (TPSA) is 31.9 Å². The van der Waals surface area contributed by atoms with Crippen molar-refractivity contribution in [2.24, 2.45) is 0 Å². The Hall–Kier alpha value is -1.20. The smallest absolute Gasteiger partial charge is 0.111 e. The molecule has 1 N–H and O–H groups in total. The van der Waals surface area contributed by atoms with Crippen LogP contribution in [0.4, 0.5) is 0 Å². The molecule has 0 radical (unpaired) electrons. The Morgan fingerprint density at radius 1 is 1.09 bits per heavy atom. The van der Waals surface area contributed by atoms with E-state index in [4.69, 9.17) is 23.2 Å². The number of nitrogens with zero attached hydrogens (tertiary/aromatic N) is 2. The van der Waals surface area contributed by atoms with Crippen LogP contribution in [-0.4, -0.2) is 28.4 Å². The van der Waals surface area contributed by atoms with Crippen LogP contribution in [0.25, 0.3) is 11.0 Å². The van der Waals surface area contributed by atoms with Gasteiger partial charge in [-0.2, -0.15) is 0 Å².